The summed E-state index contributed by atoms with van der Waals surface area (Å²) in [7, 11) is 0. The van der Waals surface area contributed by atoms with Crippen LogP contribution in [0.4, 0.5) is 10.1 Å². The zero-order chi connectivity index (χ0) is 15.4. The standard InChI is InChI=1S/C17H16FN3O/c18-12-6-1-2-7-13(12)21-17(22)11-5-10-16-19-14-8-3-4-9-15(14)20-16/h1-4,6-9H,5,10-11H2,(H,19,20)(H,21,22). The number of nitrogens with one attached hydrogen (secondary N) is 2. The fraction of sp³-hybridized carbons (Fsp3) is 0.176. The van der Waals surface area contributed by atoms with E-state index in [-0.39, 0.29) is 11.6 Å². The van der Waals surface area contributed by atoms with Gasteiger partial charge < -0.3 is 10.3 Å². The predicted molar refractivity (Wildman–Crippen MR) is 84.1 cm³/mol. The molecule has 1 amide bonds. The Labute approximate surface area is 127 Å². The molecule has 5 heteroatoms. The van der Waals surface area contributed by atoms with Crippen LogP contribution in [-0.4, -0.2) is 15.9 Å². The molecule has 3 aromatic rings. The summed E-state index contributed by atoms with van der Waals surface area (Å²) in [6.07, 6.45) is 1.66. The number of imidazole rings is 1. The number of benzene rings is 2. The number of amides is 1. The molecule has 0 saturated carbocycles. The van der Waals surface area contributed by atoms with Crippen molar-refractivity contribution in [3.8, 4) is 0 Å². The summed E-state index contributed by atoms with van der Waals surface area (Å²) in [4.78, 5) is 19.5. The molecule has 1 heterocycles. The van der Waals surface area contributed by atoms with Crippen molar-refractivity contribution in [2.24, 2.45) is 0 Å². The molecule has 3 rings (SSSR count). The van der Waals surface area contributed by atoms with Crippen molar-refractivity contribution < 1.29 is 9.18 Å². The van der Waals surface area contributed by atoms with E-state index >= 15 is 0 Å². The second-order valence-corrected chi connectivity index (χ2v) is 5.08. The Kier molecular flexibility index (Phi) is 4.14. The molecule has 2 aromatic carbocycles. The molecule has 0 aliphatic carbocycles. The van der Waals surface area contributed by atoms with Gasteiger partial charge in [-0.3, -0.25) is 4.79 Å². The van der Waals surface area contributed by atoms with Crippen LogP contribution in [0.3, 0.4) is 0 Å². The number of aromatic nitrogens is 2. The van der Waals surface area contributed by atoms with Gasteiger partial charge in [0.1, 0.15) is 11.6 Å². The number of carbonyl (C=O) groups excluding carboxylic acids is 1. The normalized spacial score (nSPS) is 10.8. The van der Waals surface area contributed by atoms with Crippen LogP contribution in [-0.2, 0) is 11.2 Å². The number of fused-ring (bicyclic) bond motifs is 1. The smallest absolute Gasteiger partial charge is 0.224 e. The van der Waals surface area contributed by atoms with Gasteiger partial charge in [0.25, 0.3) is 0 Å². The van der Waals surface area contributed by atoms with Crippen molar-refractivity contribution in [1.82, 2.24) is 9.97 Å². The summed E-state index contributed by atoms with van der Waals surface area (Å²) in [5.74, 6) is 0.245. The molecule has 4 nitrogen and oxygen atoms in total. The van der Waals surface area contributed by atoms with Gasteiger partial charge in [0.2, 0.25) is 5.91 Å². The number of anilines is 1. The van der Waals surface area contributed by atoms with Gasteiger partial charge in [-0.15, -0.1) is 0 Å². The molecule has 1 aromatic heterocycles. The third-order valence-electron chi connectivity index (χ3n) is 3.40. The maximum Gasteiger partial charge on any atom is 0.224 e. The fourth-order valence-electron chi connectivity index (χ4n) is 2.32. The number of halogens is 1. The molecule has 0 radical (unpaired) electrons. The predicted octanol–water partition coefficient (Wildman–Crippen LogP) is 3.66. The molecule has 0 spiro atoms. The van der Waals surface area contributed by atoms with Crippen molar-refractivity contribution in [3.05, 3.63) is 60.2 Å². The van der Waals surface area contributed by atoms with E-state index in [9.17, 15) is 9.18 Å². The van der Waals surface area contributed by atoms with Gasteiger partial charge in [0.05, 0.1) is 16.7 Å². The average Bonchev–Trinajstić information content (AvgIpc) is 2.92. The maximum atomic E-state index is 13.4. The third-order valence-corrected chi connectivity index (χ3v) is 3.40. The van der Waals surface area contributed by atoms with Gasteiger partial charge in [-0.2, -0.15) is 0 Å². The topological polar surface area (TPSA) is 57.8 Å². The number of H-pyrrole nitrogens is 1. The molecular formula is C17H16FN3O. The van der Waals surface area contributed by atoms with E-state index in [2.05, 4.69) is 15.3 Å². The zero-order valence-corrected chi connectivity index (χ0v) is 12.0. The molecule has 0 fully saturated rings. The second kappa shape index (κ2) is 6.39. The Hall–Kier alpha value is -2.69. The molecule has 2 N–H and O–H groups in total. The van der Waals surface area contributed by atoms with Crippen LogP contribution in [0.25, 0.3) is 11.0 Å². The third kappa shape index (κ3) is 3.31. The molecule has 22 heavy (non-hydrogen) atoms. The lowest BCUT2D eigenvalue weighted by Crippen LogP contribution is -2.12. The van der Waals surface area contributed by atoms with E-state index < -0.39 is 5.82 Å². The Morgan fingerprint density at radius 3 is 2.73 bits per heavy atom. The van der Waals surface area contributed by atoms with Crippen LogP contribution >= 0.6 is 0 Å². The molecule has 0 aliphatic rings. The highest BCUT2D eigenvalue weighted by atomic mass is 19.1. The van der Waals surface area contributed by atoms with Gasteiger partial charge in [-0.25, -0.2) is 9.37 Å². The fourth-order valence-corrected chi connectivity index (χ4v) is 2.32. The van der Waals surface area contributed by atoms with E-state index in [4.69, 9.17) is 0 Å². The van der Waals surface area contributed by atoms with Gasteiger partial charge in [-0.05, 0) is 30.7 Å². The molecule has 0 atom stereocenters. The van der Waals surface area contributed by atoms with Gasteiger partial charge in [0.15, 0.2) is 0 Å². The molecule has 0 bridgehead atoms. The summed E-state index contributed by atoms with van der Waals surface area (Å²) in [6, 6.07) is 14.0. The van der Waals surface area contributed by atoms with E-state index in [1.54, 1.807) is 18.2 Å². The van der Waals surface area contributed by atoms with Crippen molar-refractivity contribution in [2.75, 3.05) is 5.32 Å². The number of hydrogen-bond acceptors (Lipinski definition) is 2. The summed E-state index contributed by atoms with van der Waals surface area (Å²) >= 11 is 0. The first-order valence-electron chi connectivity index (χ1n) is 7.20. The molecule has 0 aliphatic heterocycles. The van der Waals surface area contributed by atoms with Crippen molar-refractivity contribution in [2.45, 2.75) is 19.3 Å². The summed E-state index contributed by atoms with van der Waals surface area (Å²) in [6.45, 7) is 0. The first-order chi connectivity index (χ1) is 10.7. The van der Waals surface area contributed by atoms with Crippen LogP contribution < -0.4 is 5.32 Å². The molecule has 0 unspecified atom stereocenters. The minimum atomic E-state index is -0.423. The van der Waals surface area contributed by atoms with Crippen LogP contribution in [0.5, 0.6) is 0 Å². The Bertz CT molecular complexity index is 764. The van der Waals surface area contributed by atoms with Crippen LogP contribution in [0, 0.1) is 5.82 Å². The highest BCUT2D eigenvalue weighted by molar-refractivity contribution is 5.90. The number of rotatable bonds is 5. The Morgan fingerprint density at radius 2 is 1.91 bits per heavy atom. The quantitative estimate of drug-likeness (QED) is 0.755. The Balaban J connectivity index is 1.52. The van der Waals surface area contributed by atoms with E-state index in [1.807, 2.05) is 24.3 Å². The van der Waals surface area contributed by atoms with Crippen LogP contribution in [0.2, 0.25) is 0 Å². The first kappa shape index (κ1) is 14.3. The number of para-hydroxylation sites is 3. The van der Waals surface area contributed by atoms with Gasteiger partial charge >= 0.3 is 0 Å². The lowest BCUT2D eigenvalue weighted by Gasteiger charge is -2.05. The van der Waals surface area contributed by atoms with Crippen LogP contribution in [0.15, 0.2) is 48.5 Å². The van der Waals surface area contributed by atoms with Crippen molar-refractivity contribution >= 4 is 22.6 Å². The number of hydrogen-bond donors (Lipinski definition) is 2. The highest BCUT2D eigenvalue weighted by Gasteiger charge is 2.07. The Morgan fingerprint density at radius 1 is 1.14 bits per heavy atom. The first-order valence-corrected chi connectivity index (χ1v) is 7.20. The largest absolute Gasteiger partial charge is 0.342 e. The second-order valence-electron chi connectivity index (χ2n) is 5.08. The molecule has 0 saturated heterocycles. The minimum Gasteiger partial charge on any atom is -0.342 e. The van der Waals surface area contributed by atoms with Gasteiger partial charge in [0, 0.05) is 12.8 Å². The van der Waals surface area contributed by atoms with E-state index in [0.717, 1.165) is 16.9 Å². The number of carbonyl (C=O) groups is 1. The number of nitrogens with zero attached hydrogens (tertiary/aromatic N) is 1. The van der Waals surface area contributed by atoms with E-state index in [1.165, 1.54) is 6.07 Å². The number of aryl methyl sites for hydroxylation is 1. The van der Waals surface area contributed by atoms with Crippen molar-refractivity contribution in [3.63, 3.8) is 0 Å². The number of aromatic amines is 1. The maximum absolute atomic E-state index is 13.4. The SMILES string of the molecule is O=C(CCCc1nc2ccccc2[nH]1)Nc1ccccc1F. The average molecular weight is 297 g/mol. The lowest BCUT2D eigenvalue weighted by molar-refractivity contribution is -0.116. The highest BCUT2D eigenvalue weighted by Crippen LogP contribution is 2.14. The minimum absolute atomic E-state index is 0.193. The lowest BCUT2D eigenvalue weighted by atomic mass is 10.2. The summed E-state index contributed by atoms with van der Waals surface area (Å²) in [5, 5.41) is 2.58. The summed E-state index contributed by atoms with van der Waals surface area (Å²) < 4.78 is 13.4. The summed E-state index contributed by atoms with van der Waals surface area (Å²) in [5.41, 5.74) is 2.14. The van der Waals surface area contributed by atoms with E-state index in [0.29, 0.717) is 19.3 Å². The monoisotopic (exact) mass is 297 g/mol. The molecular weight excluding hydrogens is 281 g/mol. The van der Waals surface area contributed by atoms with Crippen LogP contribution in [0.1, 0.15) is 18.7 Å². The zero-order valence-electron chi connectivity index (χ0n) is 12.0. The molecule has 112 valence electrons. The van der Waals surface area contributed by atoms with Gasteiger partial charge in [-0.1, -0.05) is 24.3 Å². The van der Waals surface area contributed by atoms with Crippen molar-refractivity contribution in [1.29, 1.82) is 0 Å².